The molecular formula is C43H67NO12. The van der Waals surface area contributed by atoms with E-state index in [1.54, 1.807) is 34.0 Å². The molecule has 2 saturated heterocycles. The van der Waals surface area contributed by atoms with Gasteiger partial charge in [-0.25, -0.2) is 4.79 Å². The Kier molecular flexibility index (Phi) is 16.6. The standard InChI is InChI=1S/C43H67NO12/c1-10-12-30-18-24(2)17-25(3)19-36(53-8)39-37(54-9)21-27(5)43(51,56-39)40(48)41(49)44-16-11-13-31(44)42(50)55-38(28(6)33(46)23-34(30)47)26(4)20-29-14-15-32(45)35(22-29)52-7/h10,18,20,25,27-33,35-39,45-46,51H,1,11-17,19,21-23H2,2-9H3/b24-18-,26-20?. The van der Waals surface area contributed by atoms with Crippen LogP contribution in [0.15, 0.2) is 36.0 Å². The summed E-state index contributed by atoms with van der Waals surface area (Å²) in [6, 6.07) is -1.13. The lowest BCUT2D eigenvalue weighted by Crippen LogP contribution is -2.63. The molecule has 14 atom stereocenters. The zero-order valence-corrected chi connectivity index (χ0v) is 34.7. The van der Waals surface area contributed by atoms with Gasteiger partial charge in [-0.1, -0.05) is 44.6 Å². The van der Waals surface area contributed by atoms with Crippen LogP contribution in [0, 0.1) is 29.6 Å². The Hall–Kier alpha value is -2.78. The maximum atomic E-state index is 14.2. The summed E-state index contributed by atoms with van der Waals surface area (Å²) in [5.41, 5.74) is 1.61. The molecule has 13 heteroatoms. The number of Topliss-reactive ketones (excluding diaryl/α,β-unsaturated/α-hetero) is 2. The van der Waals surface area contributed by atoms with E-state index in [0.717, 1.165) is 10.5 Å². The average Bonchev–Trinajstić information content (AvgIpc) is 3.66. The third-order valence-corrected chi connectivity index (χ3v) is 12.6. The van der Waals surface area contributed by atoms with Gasteiger partial charge in [0.25, 0.3) is 11.7 Å². The van der Waals surface area contributed by atoms with Crippen LogP contribution in [-0.2, 0) is 42.9 Å². The van der Waals surface area contributed by atoms with Gasteiger partial charge in [-0.3, -0.25) is 14.4 Å². The van der Waals surface area contributed by atoms with Crippen LogP contribution in [0.25, 0.3) is 0 Å². The van der Waals surface area contributed by atoms with Crippen LogP contribution in [0.2, 0.25) is 0 Å². The van der Waals surface area contributed by atoms with E-state index in [1.807, 2.05) is 26.0 Å². The highest BCUT2D eigenvalue weighted by Gasteiger charge is 2.57. The van der Waals surface area contributed by atoms with Gasteiger partial charge in [0.2, 0.25) is 5.79 Å². The van der Waals surface area contributed by atoms with E-state index in [9.17, 15) is 34.5 Å². The molecule has 1 amide bonds. The number of cyclic esters (lactones) is 1. The predicted molar refractivity (Wildman–Crippen MR) is 208 cm³/mol. The summed E-state index contributed by atoms with van der Waals surface area (Å²) in [5, 5.41) is 34.0. The average molecular weight is 790 g/mol. The summed E-state index contributed by atoms with van der Waals surface area (Å²) in [6.45, 7) is 13.1. The molecule has 56 heavy (non-hydrogen) atoms. The van der Waals surface area contributed by atoms with E-state index >= 15 is 0 Å². The second kappa shape index (κ2) is 20.3. The molecule has 2 bridgehead atoms. The van der Waals surface area contributed by atoms with Gasteiger partial charge in [0.1, 0.15) is 24.0 Å². The quantitative estimate of drug-likeness (QED) is 0.190. The number of carbonyl (C=O) groups is 4. The minimum absolute atomic E-state index is 0.00899. The lowest BCUT2D eigenvalue weighted by Gasteiger charge is -2.46. The number of esters is 1. The minimum Gasteiger partial charge on any atom is -0.456 e. The summed E-state index contributed by atoms with van der Waals surface area (Å²) in [6.07, 6.45) is 4.23. The molecule has 1 aliphatic carbocycles. The highest BCUT2D eigenvalue weighted by molar-refractivity contribution is 6.39. The second-order valence-corrected chi connectivity index (χ2v) is 16.9. The SMILES string of the molecule is C=CCC1/C=C(/C)CC(C)CC(OC)C2OC(O)(C(=O)C(=O)N3CCCC3C(=O)OC(C(C)=CC3CCC(O)C(OC)C3)C(C)C(O)CC1=O)C(C)CC2OC. The van der Waals surface area contributed by atoms with E-state index in [0.29, 0.717) is 50.5 Å². The molecule has 0 aromatic carbocycles. The van der Waals surface area contributed by atoms with Crippen LogP contribution in [0.3, 0.4) is 0 Å². The zero-order valence-electron chi connectivity index (χ0n) is 34.7. The van der Waals surface area contributed by atoms with Gasteiger partial charge in [-0.05, 0) is 89.0 Å². The third-order valence-electron chi connectivity index (χ3n) is 12.6. The summed E-state index contributed by atoms with van der Waals surface area (Å²) in [4.78, 5) is 57.3. The molecule has 3 aliphatic heterocycles. The van der Waals surface area contributed by atoms with Gasteiger partial charge < -0.3 is 43.9 Å². The first-order valence-corrected chi connectivity index (χ1v) is 20.4. The Morgan fingerprint density at radius 3 is 2.25 bits per heavy atom. The summed E-state index contributed by atoms with van der Waals surface area (Å²) in [7, 11) is 4.60. The van der Waals surface area contributed by atoms with Crippen LogP contribution in [0.5, 0.6) is 0 Å². The molecule has 4 aliphatic rings. The third kappa shape index (κ3) is 10.6. The largest absolute Gasteiger partial charge is 0.456 e. The van der Waals surface area contributed by atoms with E-state index in [4.69, 9.17) is 23.7 Å². The van der Waals surface area contributed by atoms with E-state index < -0.39 is 83.9 Å². The number of amides is 1. The van der Waals surface area contributed by atoms with E-state index in [2.05, 4.69) is 6.58 Å². The number of rotatable bonds is 7. The van der Waals surface area contributed by atoms with Crippen molar-refractivity contribution in [1.82, 2.24) is 4.90 Å². The van der Waals surface area contributed by atoms with Crippen molar-refractivity contribution in [2.45, 2.75) is 153 Å². The molecule has 3 heterocycles. The smallest absolute Gasteiger partial charge is 0.329 e. The predicted octanol–water partition coefficient (Wildman–Crippen LogP) is 4.25. The number of ether oxygens (including phenoxy) is 5. The van der Waals surface area contributed by atoms with Crippen LogP contribution in [-0.4, -0.2) is 126 Å². The first kappa shape index (κ1) is 45.9. The number of aliphatic hydroxyl groups excluding tert-OH is 2. The number of allylic oxidation sites excluding steroid dienone is 4. The number of nitrogens with zero attached hydrogens (tertiary/aromatic N) is 1. The molecule has 0 aromatic heterocycles. The van der Waals surface area contributed by atoms with Crippen molar-refractivity contribution >= 4 is 23.4 Å². The fourth-order valence-corrected chi connectivity index (χ4v) is 9.26. The van der Waals surface area contributed by atoms with Crippen molar-refractivity contribution in [2.75, 3.05) is 27.9 Å². The molecule has 3 fully saturated rings. The number of fused-ring (bicyclic) bond motifs is 3. The molecule has 4 rings (SSSR count). The monoisotopic (exact) mass is 789 g/mol. The number of hydrogen-bond acceptors (Lipinski definition) is 12. The Morgan fingerprint density at radius 1 is 0.946 bits per heavy atom. The maximum absolute atomic E-state index is 14.2. The van der Waals surface area contributed by atoms with Crippen molar-refractivity contribution in [1.29, 1.82) is 0 Å². The molecule has 0 aromatic rings. The Morgan fingerprint density at radius 2 is 1.61 bits per heavy atom. The second-order valence-electron chi connectivity index (χ2n) is 16.9. The van der Waals surface area contributed by atoms with Crippen molar-refractivity contribution in [3.63, 3.8) is 0 Å². The van der Waals surface area contributed by atoms with Gasteiger partial charge in [0, 0.05) is 52.0 Å². The molecule has 0 radical (unpaired) electrons. The van der Waals surface area contributed by atoms with Crippen LogP contribution in [0.4, 0.5) is 0 Å². The van der Waals surface area contributed by atoms with Gasteiger partial charge in [-0.15, -0.1) is 6.58 Å². The molecule has 14 unspecified atom stereocenters. The van der Waals surface area contributed by atoms with Gasteiger partial charge in [-0.2, -0.15) is 0 Å². The van der Waals surface area contributed by atoms with Gasteiger partial charge >= 0.3 is 5.97 Å². The Bertz CT molecular complexity index is 1460. The van der Waals surface area contributed by atoms with E-state index in [1.165, 1.54) is 14.2 Å². The van der Waals surface area contributed by atoms with Crippen molar-refractivity contribution in [2.24, 2.45) is 29.6 Å². The summed E-state index contributed by atoms with van der Waals surface area (Å²) in [5.74, 6) is -7.76. The highest BCUT2D eigenvalue weighted by Crippen LogP contribution is 2.39. The summed E-state index contributed by atoms with van der Waals surface area (Å²) < 4.78 is 29.6. The van der Waals surface area contributed by atoms with E-state index in [-0.39, 0.29) is 49.5 Å². The zero-order chi connectivity index (χ0) is 41.5. The maximum Gasteiger partial charge on any atom is 0.329 e. The number of ketones is 2. The fourth-order valence-electron chi connectivity index (χ4n) is 9.26. The molecule has 0 spiro atoms. The number of carbonyl (C=O) groups excluding carboxylic acids is 4. The lowest BCUT2D eigenvalue weighted by atomic mass is 9.81. The van der Waals surface area contributed by atoms with Crippen LogP contribution < -0.4 is 0 Å². The number of methoxy groups -OCH3 is 3. The van der Waals surface area contributed by atoms with Gasteiger partial charge in [0.15, 0.2) is 0 Å². The van der Waals surface area contributed by atoms with Crippen molar-refractivity contribution in [3.05, 3.63) is 36.0 Å². The first-order valence-electron chi connectivity index (χ1n) is 20.4. The van der Waals surface area contributed by atoms with Gasteiger partial charge in [0.05, 0.1) is 30.5 Å². The van der Waals surface area contributed by atoms with Crippen molar-refractivity contribution in [3.8, 4) is 0 Å². The topological polar surface area (TPSA) is 178 Å². The van der Waals surface area contributed by atoms with Crippen LogP contribution >= 0.6 is 0 Å². The normalized spacial score (nSPS) is 41.3. The van der Waals surface area contributed by atoms with Crippen LogP contribution in [0.1, 0.15) is 98.8 Å². The molecular weight excluding hydrogens is 722 g/mol. The number of hydrogen-bond donors (Lipinski definition) is 3. The number of aliphatic hydroxyl groups is 3. The highest BCUT2D eigenvalue weighted by atomic mass is 16.7. The molecule has 3 N–H and O–H groups in total. The minimum atomic E-state index is -2.51. The van der Waals surface area contributed by atoms with Crippen molar-refractivity contribution < 1.29 is 58.2 Å². The Labute approximate surface area is 332 Å². The Balaban J connectivity index is 1.76. The summed E-state index contributed by atoms with van der Waals surface area (Å²) >= 11 is 0. The molecule has 316 valence electrons. The lowest BCUT2D eigenvalue weighted by molar-refractivity contribution is -0.302. The molecule has 1 saturated carbocycles. The fraction of sp³-hybridized carbons (Fsp3) is 0.767. The molecule has 13 nitrogen and oxygen atoms in total. The first-order chi connectivity index (χ1) is 26.5.